The molecule has 2 heterocycles. The van der Waals surface area contributed by atoms with Gasteiger partial charge in [-0.1, -0.05) is 0 Å². The first-order chi connectivity index (χ1) is 6.77. The Balaban J connectivity index is 2.22. The first-order valence-corrected chi connectivity index (χ1v) is 7.07. The van der Waals surface area contributed by atoms with Gasteiger partial charge in [0.2, 0.25) is 0 Å². The highest BCUT2D eigenvalue weighted by Gasteiger charge is 2.18. The zero-order valence-corrected chi connectivity index (χ0v) is 11.5. The van der Waals surface area contributed by atoms with E-state index in [0.717, 1.165) is 21.2 Å². The van der Waals surface area contributed by atoms with Crippen LogP contribution in [0.2, 0.25) is 0 Å². The molecule has 1 fully saturated rings. The number of nitrogens with zero attached hydrogens (tertiary/aromatic N) is 1. The second-order valence-corrected chi connectivity index (χ2v) is 6.06. The van der Waals surface area contributed by atoms with E-state index in [1.54, 1.807) is 0 Å². The summed E-state index contributed by atoms with van der Waals surface area (Å²) in [6.07, 6.45) is 3.09. The molecule has 1 aliphatic rings. The molecule has 0 amide bonds. The molecule has 76 valence electrons. The van der Waals surface area contributed by atoms with Crippen LogP contribution in [0.1, 0.15) is 17.5 Å². The second kappa shape index (κ2) is 4.96. The number of rotatable bonds is 1. The molecule has 1 unspecified atom stereocenters. The topological polar surface area (TPSA) is 24.9 Å². The molecular formula is C9H10Br2N2S. The van der Waals surface area contributed by atoms with Crippen molar-refractivity contribution in [3.8, 4) is 0 Å². The lowest BCUT2D eigenvalue weighted by Gasteiger charge is -2.23. The van der Waals surface area contributed by atoms with Crippen molar-refractivity contribution in [2.24, 2.45) is 0 Å². The van der Waals surface area contributed by atoms with Crippen molar-refractivity contribution < 1.29 is 0 Å². The Kier molecular flexibility index (Phi) is 3.87. The average Bonchev–Trinajstić information content (AvgIpc) is 2.19. The van der Waals surface area contributed by atoms with E-state index in [1.807, 2.05) is 24.0 Å². The van der Waals surface area contributed by atoms with Crippen LogP contribution in [0.25, 0.3) is 0 Å². The standard InChI is InChI=1S/C9H10Br2N2S/c10-6-4-7(11)8(13-5-6)9-12-2-1-3-14-9/h4-5,9,12H,1-3H2. The molecule has 1 aromatic heterocycles. The van der Waals surface area contributed by atoms with E-state index in [0.29, 0.717) is 5.37 Å². The Morgan fingerprint density at radius 2 is 2.36 bits per heavy atom. The van der Waals surface area contributed by atoms with Crippen LogP contribution in [0.3, 0.4) is 0 Å². The van der Waals surface area contributed by atoms with Gasteiger partial charge in [-0.15, -0.1) is 11.8 Å². The van der Waals surface area contributed by atoms with Crippen molar-refractivity contribution in [1.29, 1.82) is 0 Å². The van der Waals surface area contributed by atoms with Crippen LogP contribution in [0.5, 0.6) is 0 Å². The van der Waals surface area contributed by atoms with Crippen molar-refractivity contribution in [2.75, 3.05) is 12.3 Å². The van der Waals surface area contributed by atoms with E-state index in [4.69, 9.17) is 0 Å². The predicted molar refractivity (Wildman–Crippen MR) is 67.5 cm³/mol. The minimum absolute atomic E-state index is 0.339. The molecule has 0 bridgehead atoms. The summed E-state index contributed by atoms with van der Waals surface area (Å²) in [5, 5.41) is 3.79. The maximum absolute atomic E-state index is 4.42. The number of thioether (sulfide) groups is 1. The summed E-state index contributed by atoms with van der Waals surface area (Å²) in [4.78, 5) is 4.42. The summed E-state index contributed by atoms with van der Waals surface area (Å²) in [7, 11) is 0. The molecule has 5 heteroatoms. The fourth-order valence-corrected chi connectivity index (χ4v) is 3.86. The Morgan fingerprint density at radius 1 is 1.50 bits per heavy atom. The highest BCUT2D eigenvalue weighted by molar-refractivity contribution is 9.11. The quantitative estimate of drug-likeness (QED) is 0.850. The van der Waals surface area contributed by atoms with Crippen LogP contribution in [-0.2, 0) is 0 Å². The SMILES string of the molecule is Brc1cnc(C2NCCCS2)c(Br)c1. The highest BCUT2D eigenvalue weighted by Crippen LogP contribution is 2.33. The summed E-state index contributed by atoms with van der Waals surface area (Å²) < 4.78 is 2.08. The molecule has 1 aromatic rings. The monoisotopic (exact) mass is 336 g/mol. The Labute approximate surface area is 105 Å². The zero-order valence-electron chi connectivity index (χ0n) is 7.46. The van der Waals surface area contributed by atoms with Gasteiger partial charge in [-0.05, 0) is 56.6 Å². The van der Waals surface area contributed by atoms with Gasteiger partial charge in [0, 0.05) is 15.1 Å². The number of halogens is 2. The number of nitrogens with one attached hydrogen (secondary N) is 1. The van der Waals surface area contributed by atoms with Gasteiger partial charge >= 0.3 is 0 Å². The lowest BCUT2D eigenvalue weighted by atomic mass is 10.3. The summed E-state index contributed by atoms with van der Waals surface area (Å²) in [6.45, 7) is 1.09. The van der Waals surface area contributed by atoms with Gasteiger partial charge in [0.05, 0.1) is 11.1 Å². The van der Waals surface area contributed by atoms with Gasteiger partial charge in [-0.2, -0.15) is 0 Å². The maximum atomic E-state index is 4.42. The molecule has 0 aromatic carbocycles. The lowest BCUT2D eigenvalue weighted by Crippen LogP contribution is -2.26. The van der Waals surface area contributed by atoms with E-state index in [9.17, 15) is 0 Å². The molecule has 1 N–H and O–H groups in total. The minimum Gasteiger partial charge on any atom is -0.300 e. The van der Waals surface area contributed by atoms with Crippen LogP contribution >= 0.6 is 43.6 Å². The van der Waals surface area contributed by atoms with Gasteiger partial charge in [0.15, 0.2) is 0 Å². The van der Waals surface area contributed by atoms with Crippen molar-refractivity contribution in [3.63, 3.8) is 0 Å². The Bertz CT molecular complexity index is 327. The van der Waals surface area contributed by atoms with Crippen LogP contribution < -0.4 is 5.32 Å². The number of pyridine rings is 1. The van der Waals surface area contributed by atoms with E-state index in [1.165, 1.54) is 12.2 Å². The van der Waals surface area contributed by atoms with Crippen molar-refractivity contribution >= 4 is 43.6 Å². The van der Waals surface area contributed by atoms with Crippen LogP contribution in [0.4, 0.5) is 0 Å². The van der Waals surface area contributed by atoms with Gasteiger partial charge in [-0.3, -0.25) is 4.98 Å². The van der Waals surface area contributed by atoms with Crippen LogP contribution in [0.15, 0.2) is 21.2 Å². The van der Waals surface area contributed by atoms with E-state index >= 15 is 0 Å². The van der Waals surface area contributed by atoms with E-state index in [-0.39, 0.29) is 0 Å². The molecular weight excluding hydrogens is 328 g/mol. The van der Waals surface area contributed by atoms with Gasteiger partial charge in [0.25, 0.3) is 0 Å². The van der Waals surface area contributed by atoms with Gasteiger partial charge < -0.3 is 5.32 Å². The first-order valence-electron chi connectivity index (χ1n) is 4.43. The number of aromatic nitrogens is 1. The normalized spacial score (nSPS) is 22.3. The average molecular weight is 338 g/mol. The first kappa shape index (κ1) is 10.9. The molecule has 1 atom stereocenters. The second-order valence-electron chi connectivity index (χ2n) is 3.08. The largest absolute Gasteiger partial charge is 0.300 e. The third-order valence-corrected chi connectivity index (χ3v) is 4.34. The van der Waals surface area contributed by atoms with E-state index < -0.39 is 0 Å². The minimum atomic E-state index is 0.339. The van der Waals surface area contributed by atoms with Gasteiger partial charge in [0.1, 0.15) is 0 Å². The zero-order chi connectivity index (χ0) is 9.97. The Hall–Kier alpha value is 0.420. The molecule has 0 aliphatic carbocycles. The lowest BCUT2D eigenvalue weighted by molar-refractivity contribution is 0.630. The fourth-order valence-electron chi connectivity index (χ4n) is 1.36. The molecule has 1 saturated heterocycles. The van der Waals surface area contributed by atoms with E-state index in [2.05, 4.69) is 42.2 Å². The van der Waals surface area contributed by atoms with Crippen molar-refractivity contribution in [1.82, 2.24) is 10.3 Å². The number of hydrogen-bond acceptors (Lipinski definition) is 3. The summed E-state index contributed by atoms with van der Waals surface area (Å²) in [6, 6.07) is 2.04. The fraction of sp³-hybridized carbons (Fsp3) is 0.444. The summed E-state index contributed by atoms with van der Waals surface area (Å²) >= 11 is 8.85. The third kappa shape index (κ3) is 2.51. The molecule has 1 aliphatic heterocycles. The maximum Gasteiger partial charge on any atom is 0.0973 e. The van der Waals surface area contributed by atoms with Crippen molar-refractivity contribution in [3.05, 3.63) is 26.9 Å². The molecule has 0 spiro atoms. The predicted octanol–water partition coefficient (Wildman–Crippen LogP) is 3.33. The molecule has 14 heavy (non-hydrogen) atoms. The highest BCUT2D eigenvalue weighted by atomic mass is 79.9. The molecule has 0 radical (unpaired) electrons. The summed E-state index contributed by atoms with van der Waals surface area (Å²) in [5.41, 5.74) is 1.10. The van der Waals surface area contributed by atoms with Crippen LogP contribution in [-0.4, -0.2) is 17.3 Å². The van der Waals surface area contributed by atoms with Gasteiger partial charge in [-0.25, -0.2) is 0 Å². The smallest absolute Gasteiger partial charge is 0.0973 e. The molecule has 0 saturated carbocycles. The third-order valence-electron chi connectivity index (χ3n) is 2.02. The number of hydrogen-bond donors (Lipinski definition) is 1. The van der Waals surface area contributed by atoms with Crippen molar-refractivity contribution in [2.45, 2.75) is 11.8 Å². The van der Waals surface area contributed by atoms with Crippen LogP contribution in [0, 0.1) is 0 Å². The Morgan fingerprint density at radius 3 is 3.00 bits per heavy atom. The summed E-state index contributed by atoms with van der Waals surface area (Å²) in [5.74, 6) is 1.21. The molecule has 2 rings (SSSR count). The molecule has 2 nitrogen and oxygen atoms in total.